The molecule has 1 heterocycles. The monoisotopic (exact) mass is 400 g/mol. The maximum absolute atomic E-state index is 12.5. The van der Waals surface area contributed by atoms with Crippen LogP contribution in [0.5, 0.6) is 0 Å². The SMILES string of the molecule is CN(C)c1ccc(-c2nc3cc(NC(=O)c4ccc(C(=O)O)cc4)ccc3[nH]2)cc1. The topological polar surface area (TPSA) is 98.3 Å². The summed E-state index contributed by atoms with van der Waals surface area (Å²) >= 11 is 0. The molecule has 150 valence electrons. The van der Waals surface area contributed by atoms with Crippen LogP contribution in [0.1, 0.15) is 20.7 Å². The Labute approximate surface area is 173 Å². The molecule has 7 heteroatoms. The van der Waals surface area contributed by atoms with Gasteiger partial charge in [0.15, 0.2) is 0 Å². The van der Waals surface area contributed by atoms with E-state index >= 15 is 0 Å². The number of nitrogens with one attached hydrogen (secondary N) is 2. The predicted molar refractivity (Wildman–Crippen MR) is 117 cm³/mol. The zero-order valence-electron chi connectivity index (χ0n) is 16.5. The molecule has 3 aromatic carbocycles. The second-order valence-electron chi connectivity index (χ2n) is 7.10. The smallest absolute Gasteiger partial charge is 0.335 e. The third-order valence-electron chi connectivity index (χ3n) is 4.79. The fraction of sp³-hybridized carbons (Fsp3) is 0.0870. The van der Waals surface area contributed by atoms with E-state index in [1.54, 1.807) is 12.1 Å². The quantitative estimate of drug-likeness (QED) is 0.465. The Morgan fingerprint density at radius 2 is 1.60 bits per heavy atom. The summed E-state index contributed by atoms with van der Waals surface area (Å²) in [5.74, 6) is -0.595. The summed E-state index contributed by atoms with van der Waals surface area (Å²) in [7, 11) is 3.99. The molecule has 30 heavy (non-hydrogen) atoms. The number of nitrogens with zero attached hydrogens (tertiary/aromatic N) is 2. The highest BCUT2D eigenvalue weighted by Gasteiger charge is 2.11. The van der Waals surface area contributed by atoms with Crippen LogP contribution in [0, 0.1) is 0 Å². The van der Waals surface area contributed by atoms with E-state index in [0.29, 0.717) is 11.3 Å². The molecule has 0 aliphatic rings. The van der Waals surface area contributed by atoms with E-state index in [1.807, 2.05) is 49.3 Å². The summed E-state index contributed by atoms with van der Waals surface area (Å²) in [6.45, 7) is 0. The summed E-state index contributed by atoms with van der Waals surface area (Å²) < 4.78 is 0. The molecule has 0 unspecified atom stereocenters. The van der Waals surface area contributed by atoms with Gasteiger partial charge in [-0.2, -0.15) is 0 Å². The minimum Gasteiger partial charge on any atom is -0.478 e. The van der Waals surface area contributed by atoms with Gasteiger partial charge in [-0.1, -0.05) is 0 Å². The lowest BCUT2D eigenvalue weighted by atomic mass is 10.1. The number of H-pyrrole nitrogens is 1. The molecule has 1 amide bonds. The molecule has 0 saturated heterocycles. The van der Waals surface area contributed by atoms with Crippen molar-refractivity contribution in [1.82, 2.24) is 9.97 Å². The first-order chi connectivity index (χ1) is 14.4. The zero-order chi connectivity index (χ0) is 21.3. The van der Waals surface area contributed by atoms with E-state index < -0.39 is 5.97 Å². The van der Waals surface area contributed by atoms with Crippen LogP contribution in [0.25, 0.3) is 22.4 Å². The van der Waals surface area contributed by atoms with Crippen molar-refractivity contribution in [3.8, 4) is 11.4 Å². The Hall–Kier alpha value is -4.13. The van der Waals surface area contributed by atoms with Gasteiger partial charge in [-0.05, 0) is 66.7 Å². The summed E-state index contributed by atoms with van der Waals surface area (Å²) in [6.07, 6.45) is 0. The van der Waals surface area contributed by atoms with Crippen LogP contribution in [-0.2, 0) is 0 Å². The number of hydrogen-bond donors (Lipinski definition) is 3. The summed E-state index contributed by atoms with van der Waals surface area (Å²) in [5, 5.41) is 11.8. The predicted octanol–water partition coefficient (Wildman–Crippen LogP) is 4.25. The van der Waals surface area contributed by atoms with E-state index in [1.165, 1.54) is 24.3 Å². The fourth-order valence-electron chi connectivity index (χ4n) is 3.11. The van der Waals surface area contributed by atoms with E-state index in [0.717, 1.165) is 28.1 Å². The van der Waals surface area contributed by atoms with E-state index in [2.05, 4.69) is 15.3 Å². The van der Waals surface area contributed by atoms with Crippen LogP contribution in [0.3, 0.4) is 0 Å². The van der Waals surface area contributed by atoms with Gasteiger partial charge in [-0.3, -0.25) is 4.79 Å². The van der Waals surface area contributed by atoms with Gasteiger partial charge >= 0.3 is 5.97 Å². The number of aromatic amines is 1. The first kappa shape index (κ1) is 19.2. The van der Waals surface area contributed by atoms with Crippen LogP contribution in [0.2, 0.25) is 0 Å². The third-order valence-corrected chi connectivity index (χ3v) is 4.79. The largest absolute Gasteiger partial charge is 0.478 e. The van der Waals surface area contributed by atoms with Gasteiger partial charge in [0.05, 0.1) is 16.6 Å². The maximum Gasteiger partial charge on any atom is 0.335 e. The van der Waals surface area contributed by atoms with Crippen molar-refractivity contribution < 1.29 is 14.7 Å². The lowest BCUT2D eigenvalue weighted by Crippen LogP contribution is -2.12. The van der Waals surface area contributed by atoms with E-state index in [9.17, 15) is 9.59 Å². The van der Waals surface area contributed by atoms with Crippen molar-refractivity contribution in [2.24, 2.45) is 0 Å². The number of carbonyl (C=O) groups is 2. The molecule has 0 spiro atoms. The Morgan fingerprint density at radius 3 is 2.23 bits per heavy atom. The molecule has 7 nitrogen and oxygen atoms in total. The number of hydrogen-bond acceptors (Lipinski definition) is 4. The second kappa shape index (κ2) is 7.71. The highest BCUT2D eigenvalue weighted by atomic mass is 16.4. The lowest BCUT2D eigenvalue weighted by molar-refractivity contribution is 0.0696. The summed E-state index contributed by atoms with van der Waals surface area (Å²) in [4.78, 5) is 33.4. The van der Waals surface area contributed by atoms with Gasteiger partial charge in [0.1, 0.15) is 5.82 Å². The third kappa shape index (κ3) is 3.86. The number of aromatic nitrogens is 2. The van der Waals surface area contributed by atoms with Crippen molar-refractivity contribution in [2.75, 3.05) is 24.3 Å². The minimum atomic E-state index is -1.03. The van der Waals surface area contributed by atoms with Crippen LogP contribution in [-0.4, -0.2) is 41.0 Å². The van der Waals surface area contributed by atoms with Crippen LogP contribution < -0.4 is 10.2 Å². The average molecular weight is 400 g/mol. The van der Waals surface area contributed by atoms with Crippen molar-refractivity contribution in [3.63, 3.8) is 0 Å². The molecule has 4 rings (SSSR count). The Balaban J connectivity index is 1.54. The summed E-state index contributed by atoms with van der Waals surface area (Å²) in [6, 6.07) is 19.3. The van der Waals surface area contributed by atoms with Crippen molar-refractivity contribution >= 4 is 34.3 Å². The maximum atomic E-state index is 12.5. The average Bonchev–Trinajstić information content (AvgIpc) is 3.17. The van der Waals surface area contributed by atoms with E-state index in [4.69, 9.17) is 5.11 Å². The number of carbonyl (C=O) groups excluding carboxylic acids is 1. The number of fused-ring (bicyclic) bond motifs is 1. The molecular weight excluding hydrogens is 380 g/mol. The van der Waals surface area contributed by atoms with Gasteiger partial charge in [0.2, 0.25) is 0 Å². The van der Waals surface area contributed by atoms with Crippen molar-refractivity contribution in [1.29, 1.82) is 0 Å². The summed E-state index contributed by atoms with van der Waals surface area (Å²) in [5.41, 5.74) is 4.80. The first-order valence-corrected chi connectivity index (χ1v) is 9.33. The molecule has 4 aromatic rings. The molecule has 0 saturated carbocycles. The highest BCUT2D eigenvalue weighted by molar-refractivity contribution is 6.05. The number of carboxylic acids is 1. The number of rotatable bonds is 5. The molecule has 0 radical (unpaired) electrons. The van der Waals surface area contributed by atoms with E-state index in [-0.39, 0.29) is 11.5 Å². The number of imidazole rings is 1. The molecule has 0 fully saturated rings. The lowest BCUT2D eigenvalue weighted by Gasteiger charge is -2.11. The van der Waals surface area contributed by atoms with Gasteiger partial charge in [-0.15, -0.1) is 0 Å². The Kier molecular flexibility index (Phi) is 4.93. The van der Waals surface area contributed by atoms with Crippen LogP contribution in [0.15, 0.2) is 66.7 Å². The van der Waals surface area contributed by atoms with Crippen LogP contribution >= 0.6 is 0 Å². The minimum absolute atomic E-state index is 0.135. The zero-order valence-corrected chi connectivity index (χ0v) is 16.5. The highest BCUT2D eigenvalue weighted by Crippen LogP contribution is 2.25. The Bertz CT molecular complexity index is 1230. The molecule has 0 aliphatic heterocycles. The standard InChI is InChI=1S/C23H20N4O3/c1-27(2)18-10-7-14(8-11-18)21-25-19-12-9-17(13-20(19)26-21)24-22(28)15-3-5-16(6-4-15)23(29)30/h3-13H,1-2H3,(H,24,28)(H,25,26)(H,29,30). The molecular formula is C23H20N4O3. The molecule has 1 aromatic heterocycles. The van der Waals surface area contributed by atoms with Crippen molar-refractivity contribution in [3.05, 3.63) is 77.9 Å². The number of anilines is 2. The number of amides is 1. The van der Waals surface area contributed by atoms with Gasteiger partial charge in [-0.25, -0.2) is 9.78 Å². The normalized spacial score (nSPS) is 10.7. The molecule has 0 bridgehead atoms. The first-order valence-electron chi connectivity index (χ1n) is 9.33. The number of benzene rings is 3. The Morgan fingerprint density at radius 1 is 0.933 bits per heavy atom. The second-order valence-corrected chi connectivity index (χ2v) is 7.10. The van der Waals surface area contributed by atoms with Gasteiger partial charge in [0, 0.05) is 36.6 Å². The van der Waals surface area contributed by atoms with Crippen LogP contribution in [0.4, 0.5) is 11.4 Å². The van der Waals surface area contributed by atoms with Gasteiger partial charge < -0.3 is 20.3 Å². The fourth-order valence-corrected chi connectivity index (χ4v) is 3.11. The molecule has 0 atom stereocenters. The van der Waals surface area contributed by atoms with Crippen molar-refractivity contribution in [2.45, 2.75) is 0 Å². The molecule has 3 N–H and O–H groups in total. The van der Waals surface area contributed by atoms with Gasteiger partial charge in [0.25, 0.3) is 5.91 Å². The number of carboxylic acid groups (broad SMARTS) is 1. The number of aromatic carboxylic acids is 1. The molecule has 0 aliphatic carbocycles.